The Balaban J connectivity index is 2.81. The second kappa shape index (κ2) is 6.18. The van der Waals surface area contributed by atoms with Crippen molar-refractivity contribution in [2.24, 2.45) is 10.2 Å². The predicted octanol–water partition coefficient (Wildman–Crippen LogP) is 0.953. The Kier molecular flexibility index (Phi) is 4.61. The summed E-state index contributed by atoms with van der Waals surface area (Å²) in [6, 6.07) is 1.22. The molecule has 0 aliphatic carbocycles. The molecule has 1 amide bonds. The highest BCUT2D eigenvalue weighted by atomic mass is 16.5. The van der Waals surface area contributed by atoms with Gasteiger partial charge in [0.15, 0.2) is 0 Å². The first-order valence-corrected chi connectivity index (χ1v) is 4.73. The molecule has 1 rings (SSSR count). The van der Waals surface area contributed by atoms with Gasteiger partial charge in [0.1, 0.15) is 12.1 Å². The minimum Gasteiger partial charge on any atom is -0.478 e. The van der Waals surface area contributed by atoms with Crippen LogP contribution in [0.1, 0.15) is 16.8 Å². The van der Waals surface area contributed by atoms with Gasteiger partial charge < -0.3 is 9.84 Å². The number of azo groups is 1. The fraction of sp³-hybridized carbons (Fsp3) is 0.200. The van der Waals surface area contributed by atoms with Crippen molar-refractivity contribution in [1.29, 1.82) is 0 Å². The molecule has 0 saturated heterocycles. The van der Waals surface area contributed by atoms with Gasteiger partial charge in [-0.25, -0.2) is 4.79 Å². The summed E-state index contributed by atoms with van der Waals surface area (Å²) in [5.41, 5.74) is -0.206. The third-order valence-electron chi connectivity index (χ3n) is 1.82. The van der Waals surface area contributed by atoms with E-state index < -0.39 is 24.3 Å². The van der Waals surface area contributed by atoms with Gasteiger partial charge in [0.2, 0.25) is 0 Å². The molecule has 0 bridgehead atoms. The average molecular weight is 251 g/mol. The van der Waals surface area contributed by atoms with E-state index >= 15 is 0 Å². The van der Waals surface area contributed by atoms with Crippen LogP contribution in [0.2, 0.25) is 0 Å². The van der Waals surface area contributed by atoms with E-state index in [0.717, 1.165) is 13.3 Å². The second-order valence-corrected chi connectivity index (χ2v) is 3.04. The summed E-state index contributed by atoms with van der Waals surface area (Å²) >= 11 is 0. The molecule has 0 radical (unpaired) electrons. The molecule has 0 fully saturated rings. The van der Waals surface area contributed by atoms with E-state index in [9.17, 15) is 14.4 Å². The number of aromatic carboxylic acids is 1. The van der Waals surface area contributed by atoms with E-state index in [2.05, 4.69) is 19.9 Å². The number of ether oxygens (including phenoxy) is 1. The van der Waals surface area contributed by atoms with Crippen LogP contribution in [0.15, 0.2) is 28.7 Å². The number of hydrogen-bond acceptors (Lipinski definition) is 6. The van der Waals surface area contributed by atoms with Crippen molar-refractivity contribution in [3.63, 3.8) is 0 Å². The Morgan fingerprint density at radius 3 is 2.78 bits per heavy atom. The van der Waals surface area contributed by atoms with Gasteiger partial charge in [-0.1, -0.05) is 0 Å². The molecule has 0 aromatic carbocycles. The minimum absolute atomic E-state index is 0.0665. The van der Waals surface area contributed by atoms with Crippen molar-refractivity contribution in [2.45, 2.75) is 6.42 Å². The normalized spacial score (nSPS) is 10.3. The van der Waals surface area contributed by atoms with Crippen LogP contribution in [-0.2, 0) is 14.3 Å². The number of carbonyl (C=O) groups excluding carboxylic acids is 2. The highest BCUT2D eigenvalue weighted by Gasteiger charge is 2.11. The molecule has 1 N–H and O–H groups in total. The second-order valence-electron chi connectivity index (χ2n) is 3.04. The zero-order valence-electron chi connectivity index (χ0n) is 9.36. The lowest BCUT2D eigenvalue weighted by Gasteiger charge is -1.97. The number of esters is 1. The number of aromatic nitrogens is 1. The number of amides is 1. The van der Waals surface area contributed by atoms with Gasteiger partial charge in [0.05, 0.1) is 18.9 Å². The monoisotopic (exact) mass is 251 g/mol. The first-order valence-electron chi connectivity index (χ1n) is 4.73. The van der Waals surface area contributed by atoms with Gasteiger partial charge in [-0.3, -0.25) is 14.6 Å². The van der Waals surface area contributed by atoms with E-state index in [1.165, 1.54) is 12.3 Å². The first-order chi connectivity index (χ1) is 8.54. The van der Waals surface area contributed by atoms with Crippen LogP contribution in [0.3, 0.4) is 0 Å². The quantitative estimate of drug-likeness (QED) is 0.483. The number of carboxylic acids is 1. The number of pyridine rings is 1. The summed E-state index contributed by atoms with van der Waals surface area (Å²) in [6.45, 7) is 0. The number of rotatable bonds is 4. The van der Waals surface area contributed by atoms with Crippen molar-refractivity contribution < 1.29 is 24.2 Å². The molecule has 0 aliphatic heterocycles. The molecule has 0 saturated carbocycles. The van der Waals surface area contributed by atoms with Crippen LogP contribution in [-0.4, -0.2) is 35.0 Å². The van der Waals surface area contributed by atoms with Crippen molar-refractivity contribution in [1.82, 2.24) is 4.98 Å². The molecule has 1 aromatic heterocycles. The molecule has 0 spiro atoms. The van der Waals surface area contributed by atoms with E-state index in [-0.39, 0.29) is 11.3 Å². The summed E-state index contributed by atoms with van der Waals surface area (Å²) in [5, 5.41) is 15.5. The van der Waals surface area contributed by atoms with Crippen LogP contribution >= 0.6 is 0 Å². The van der Waals surface area contributed by atoms with Gasteiger partial charge >= 0.3 is 11.9 Å². The molecule has 94 valence electrons. The van der Waals surface area contributed by atoms with Crippen LogP contribution in [0.4, 0.5) is 5.69 Å². The van der Waals surface area contributed by atoms with E-state index in [4.69, 9.17) is 5.11 Å². The number of carbonyl (C=O) groups is 3. The molecule has 1 aromatic rings. The lowest BCUT2D eigenvalue weighted by molar-refractivity contribution is -0.143. The highest BCUT2D eigenvalue weighted by molar-refractivity contribution is 5.95. The van der Waals surface area contributed by atoms with Crippen LogP contribution in [0.25, 0.3) is 0 Å². The van der Waals surface area contributed by atoms with Gasteiger partial charge in [0.25, 0.3) is 5.91 Å². The van der Waals surface area contributed by atoms with Gasteiger partial charge in [-0.2, -0.15) is 0 Å². The van der Waals surface area contributed by atoms with Gasteiger partial charge in [-0.15, -0.1) is 10.2 Å². The summed E-state index contributed by atoms with van der Waals surface area (Å²) in [4.78, 5) is 36.4. The maximum atomic E-state index is 11.1. The molecular weight excluding hydrogens is 242 g/mol. The van der Waals surface area contributed by atoms with Crippen molar-refractivity contribution in [2.75, 3.05) is 7.11 Å². The van der Waals surface area contributed by atoms with Crippen molar-refractivity contribution in [3.8, 4) is 0 Å². The highest BCUT2D eigenvalue weighted by Crippen LogP contribution is 2.17. The number of methoxy groups -OCH3 is 1. The summed E-state index contributed by atoms with van der Waals surface area (Å²) in [7, 11) is 1.14. The Labute approximate surface area is 101 Å². The van der Waals surface area contributed by atoms with Crippen LogP contribution in [0, 0.1) is 0 Å². The lowest BCUT2D eigenvalue weighted by Crippen LogP contribution is -2.06. The SMILES string of the molecule is COC(=O)CC(=O)N=Nc1cnccc1C(=O)O. The Morgan fingerprint density at radius 1 is 1.44 bits per heavy atom. The maximum absolute atomic E-state index is 11.1. The third-order valence-corrected chi connectivity index (χ3v) is 1.82. The first kappa shape index (κ1) is 13.4. The van der Waals surface area contributed by atoms with E-state index in [0.29, 0.717) is 0 Å². The van der Waals surface area contributed by atoms with E-state index in [1.807, 2.05) is 0 Å². The standard InChI is InChI=1S/C10H9N3O5/c1-18-9(15)4-8(14)13-12-7-5-11-3-2-6(7)10(16)17/h2-3,5H,4H2,1H3,(H,16,17). The summed E-state index contributed by atoms with van der Waals surface area (Å²) in [6.07, 6.45) is 1.87. The van der Waals surface area contributed by atoms with Gasteiger partial charge in [-0.05, 0) is 6.07 Å². The van der Waals surface area contributed by atoms with Crippen LogP contribution < -0.4 is 0 Å². The minimum atomic E-state index is -1.22. The summed E-state index contributed by atoms with van der Waals surface area (Å²) < 4.78 is 4.27. The molecule has 8 heteroatoms. The third kappa shape index (κ3) is 3.74. The number of carboxylic acid groups (broad SMARTS) is 1. The molecule has 18 heavy (non-hydrogen) atoms. The smallest absolute Gasteiger partial charge is 0.338 e. The average Bonchev–Trinajstić information content (AvgIpc) is 2.36. The molecule has 0 aliphatic rings. The van der Waals surface area contributed by atoms with Crippen molar-refractivity contribution in [3.05, 3.63) is 24.0 Å². The fourth-order valence-corrected chi connectivity index (χ4v) is 0.987. The molecule has 0 atom stereocenters. The topological polar surface area (TPSA) is 118 Å². The zero-order valence-corrected chi connectivity index (χ0v) is 9.36. The number of nitrogens with zero attached hydrogens (tertiary/aromatic N) is 3. The summed E-state index contributed by atoms with van der Waals surface area (Å²) in [5.74, 6) is -2.79. The lowest BCUT2D eigenvalue weighted by atomic mass is 10.2. The maximum Gasteiger partial charge on any atom is 0.338 e. The number of hydrogen-bond donors (Lipinski definition) is 1. The largest absolute Gasteiger partial charge is 0.478 e. The molecule has 8 nitrogen and oxygen atoms in total. The fourth-order valence-electron chi connectivity index (χ4n) is 0.987. The zero-order chi connectivity index (χ0) is 13.5. The Morgan fingerprint density at radius 2 is 2.17 bits per heavy atom. The van der Waals surface area contributed by atoms with Crippen LogP contribution in [0.5, 0.6) is 0 Å². The van der Waals surface area contributed by atoms with Gasteiger partial charge in [0, 0.05) is 6.20 Å². The van der Waals surface area contributed by atoms with Crippen molar-refractivity contribution >= 4 is 23.5 Å². The molecule has 0 unspecified atom stereocenters. The molecule has 1 heterocycles. The molecular formula is C10H9N3O5. The Bertz CT molecular complexity index is 512. The Hall–Kier alpha value is -2.64. The predicted molar refractivity (Wildman–Crippen MR) is 57.4 cm³/mol. The van der Waals surface area contributed by atoms with E-state index in [1.54, 1.807) is 0 Å².